The minimum Gasteiger partial charge on any atom is -0.482 e. The van der Waals surface area contributed by atoms with Gasteiger partial charge in [-0.3, -0.25) is 9.59 Å². The van der Waals surface area contributed by atoms with Gasteiger partial charge in [0.1, 0.15) is 18.1 Å². The van der Waals surface area contributed by atoms with Gasteiger partial charge in [-0.15, -0.1) is 0 Å². The van der Waals surface area contributed by atoms with Crippen molar-refractivity contribution in [3.8, 4) is 5.75 Å². The molecule has 0 radical (unpaired) electrons. The summed E-state index contributed by atoms with van der Waals surface area (Å²) in [5.74, 6) is -1.93. The summed E-state index contributed by atoms with van der Waals surface area (Å²) < 4.78 is 18.0. The average Bonchev–Trinajstić information content (AvgIpc) is 2.34. The second-order valence-corrected chi connectivity index (χ2v) is 4.78. The molecule has 1 N–H and O–H groups in total. The molecule has 7 heteroatoms. The van der Waals surface area contributed by atoms with Crippen LogP contribution in [-0.4, -0.2) is 41.1 Å². The van der Waals surface area contributed by atoms with Crippen LogP contribution in [0.3, 0.4) is 0 Å². The Kier molecular flexibility index (Phi) is 5.76. The van der Waals surface area contributed by atoms with Crippen LogP contribution in [0.25, 0.3) is 0 Å². The summed E-state index contributed by atoms with van der Waals surface area (Å²) in [5, 5.41) is 8.79. The summed E-state index contributed by atoms with van der Waals surface area (Å²) in [7, 11) is 0. The number of amides is 1. The van der Waals surface area contributed by atoms with Gasteiger partial charge in [-0.2, -0.15) is 0 Å². The van der Waals surface area contributed by atoms with E-state index in [0.29, 0.717) is 0 Å². The van der Waals surface area contributed by atoms with E-state index in [-0.39, 0.29) is 23.4 Å². The molecule has 0 atom stereocenters. The summed E-state index contributed by atoms with van der Waals surface area (Å²) in [6.45, 7) is 2.63. The highest BCUT2D eigenvalue weighted by Crippen LogP contribution is 2.24. The number of carboxylic acid groups (broad SMARTS) is 1. The Bertz CT molecular complexity index is 507. The Morgan fingerprint density at radius 2 is 2.10 bits per heavy atom. The van der Waals surface area contributed by atoms with Crippen LogP contribution in [0.2, 0.25) is 5.02 Å². The molecular formula is C13H15ClFNO4. The Labute approximate surface area is 120 Å². The maximum Gasteiger partial charge on any atom is 0.323 e. The maximum atomic E-state index is 12.8. The molecule has 110 valence electrons. The van der Waals surface area contributed by atoms with Gasteiger partial charge in [0.15, 0.2) is 6.61 Å². The third kappa shape index (κ3) is 4.70. The topological polar surface area (TPSA) is 66.8 Å². The lowest BCUT2D eigenvalue weighted by molar-refractivity contribution is -0.146. The number of benzene rings is 1. The van der Waals surface area contributed by atoms with Crippen LogP contribution >= 0.6 is 11.6 Å². The fourth-order valence-corrected chi connectivity index (χ4v) is 1.74. The van der Waals surface area contributed by atoms with Crippen molar-refractivity contribution in [2.75, 3.05) is 13.2 Å². The molecule has 0 saturated carbocycles. The molecule has 0 aliphatic carbocycles. The highest BCUT2D eigenvalue weighted by Gasteiger charge is 2.20. The minimum absolute atomic E-state index is 0.0483. The van der Waals surface area contributed by atoms with Crippen molar-refractivity contribution in [3.63, 3.8) is 0 Å². The number of carbonyl (C=O) groups is 2. The highest BCUT2D eigenvalue weighted by molar-refractivity contribution is 6.32. The smallest absolute Gasteiger partial charge is 0.323 e. The number of rotatable bonds is 6. The number of aliphatic carboxylic acids is 1. The number of halogens is 2. The highest BCUT2D eigenvalue weighted by atomic mass is 35.5. The second-order valence-electron chi connectivity index (χ2n) is 4.37. The number of hydrogen-bond donors (Lipinski definition) is 1. The lowest BCUT2D eigenvalue weighted by Crippen LogP contribution is -2.43. The molecular weight excluding hydrogens is 289 g/mol. The van der Waals surface area contributed by atoms with Crippen molar-refractivity contribution in [3.05, 3.63) is 29.0 Å². The summed E-state index contributed by atoms with van der Waals surface area (Å²) in [6, 6.07) is 3.26. The number of ether oxygens (including phenoxy) is 1. The van der Waals surface area contributed by atoms with E-state index in [1.165, 1.54) is 11.0 Å². The minimum atomic E-state index is -1.10. The van der Waals surface area contributed by atoms with Crippen molar-refractivity contribution >= 4 is 23.5 Å². The lowest BCUT2D eigenvalue weighted by Gasteiger charge is -2.24. The molecule has 1 aromatic rings. The molecule has 0 heterocycles. The van der Waals surface area contributed by atoms with E-state index in [1.54, 1.807) is 13.8 Å². The molecule has 0 fully saturated rings. The van der Waals surface area contributed by atoms with Crippen LogP contribution in [0, 0.1) is 5.82 Å². The average molecular weight is 304 g/mol. The molecule has 0 unspecified atom stereocenters. The quantitative estimate of drug-likeness (QED) is 0.874. The van der Waals surface area contributed by atoms with Crippen molar-refractivity contribution in [2.45, 2.75) is 19.9 Å². The Morgan fingerprint density at radius 3 is 2.60 bits per heavy atom. The summed E-state index contributed by atoms with van der Waals surface area (Å²) in [4.78, 5) is 23.7. The van der Waals surface area contributed by atoms with Gasteiger partial charge < -0.3 is 14.7 Å². The zero-order valence-electron chi connectivity index (χ0n) is 11.1. The molecule has 0 bridgehead atoms. The first kappa shape index (κ1) is 16.2. The first-order valence-corrected chi connectivity index (χ1v) is 6.28. The van der Waals surface area contributed by atoms with Crippen LogP contribution in [0.4, 0.5) is 4.39 Å². The van der Waals surface area contributed by atoms with Gasteiger partial charge >= 0.3 is 5.97 Å². The van der Waals surface area contributed by atoms with Gasteiger partial charge in [0.25, 0.3) is 5.91 Å². The third-order valence-electron chi connectivity index (χ3n) is 2.49. The van der Waals surface area contributed by atoms with Gasteiger partial charge in [-0.05, 0) is 32.0 Å². The van der Waals surface area contributed by atoms with Crippen LogP contribution in [0.15, 0.2) is 18.2 Å². The molecule has 1 rings (SSSR count). The van der Waals surface area contributed by atoms with Crippen LogP contribution in [-0.2, 0) is 9.59 Å². The fourth-order valence-electron chi connectivity index (χ4n) is 1.52. The van der Waals surface area contributed by atoms with Gasteiger partial charge in [-0.25, -0.2) is 4.39 Å². The maximum absolute atomic E-state index is 12.8. The van der Waals surface area contributed by atoms with Crippen LogP contribution < -0.4 is 4.74 Å². The Balaban J connectivity index is 2.67. The molecule has 0 aliphatic heterocycles. The molecule has 1 amide bonds. The van der Waals surface area contributed by atoms with Gasteiger partial charge in [-0.1, -0.05) is 11.6 Å². The fraction of sp³-hybridized carbons (Fsp3) is 0.385. The zero-order chi connectivity index (χ0) is 15.3. The second kappa shape index (κ2) is 7.09. The van der Waals surface area contributed by atoms with Gasteiger partial charge in [0, 0.05) is 6.04 Å². The van der Waals surface area contributed by atoms with Gasteiger partial charge in [0.05, 0.1) is 5.02 Å². The lowest BCUT2D eigenvalue weighted by atomic mass is 10.3. The molecule has 0 spiro atoms. The Hall–Kier alpha value is -1.82. The summed E-state index contributed by atoms with van der Waals surface area (Å²) >= 11 is 5.76. The van der Waals surface area contributed by atoms with E-state index in [1.807, 2.05) is 0 Å². The van der Waals surface area contributed by atoms with Gasteiger partial charge in [0.2, 0.25) is 0 Å². The summed E-state index contributed by atoms with van der Waals surface area (Å²) in [6.07, 6.45) is 0. The van der Waals surface area contributed by atoms with Crippen LogP contribution in [0.5, 0.6) is 5.75 Å². The van der Waals surface area contributed by atoms with E-state index >= 15 is 0 Å². The molecule has 20 heavy (non-hydrogen) atoms. The first-order chi connectivity index (χ1) is 9.31. The Morgan fingerprint density at radius 1 is 1.45 bits per heavy atom. The molecule has 1 aromatic carbocycles. The molecule has 0 aromatic heterocycles. The monoisotopic (exact) mass is 303 g/mol. The molecule has 5 nitrogen and oxygen atoms in total. The molecule has 0 saturated heterocycles. The number of hydrogen-bond acceptors (Lipinski definition) is 3. The van der Waals surface area contributed by atoms with E-state index in [2.05, 4.69) is 0 Å². The van der Waals surface area contributed by atoms with Crippen molar-refractivity contribution in [1.29, 1.82) is 0 Å². The number of nitrogens with zero attached hydrogens (tertiary/aromatic N) is 1. The van der Waals surface area contributed by atoms with Crippen LogP contribution in [0.1, 0.15) is 13.8 Å². The largest absolute Gasteiger partial charge is 0.482 e. The number of carbonyl (C=O) groups excluding carboxylic acids is 1. The van der Waals surface area contributed by atoms with E-state index < -0.39 is 24.2 Å². The van der Waals surface area contributed by atoms with E-state index in [0.717, 1.165) is 12.1 Å². The third-order valence-corrected chi connectivity index (χ3v) is 2.79. The predicted molar refractivity (Wildman–Crippen MR) is 71.4 cm³/mol. The zero-order valence-corrected chi connectivity index (χ0v) is 11.9. The number of carboxylic acids is 1. The molecule has 0 aliphatic rings. The van der Waals surface area contributed by atoms with Crippen molar-refractivity contribution in [2.24, 2.45) is 0 Å². The summed E-state index contributed by atoms with van der Waals surface area (Å²) in [5.41, 5.74) is 0. The van der Waals surface area contributed by atoms with Crippen molar-refractivity contribution < 1.29 is 23.8 Å². The SMILES string of the molecule is CC(C)N(CC(=O)O)C(=O)COc1ccc(F)cc1Cl. The van der Waals surface area contributed by atoms with E-state index in [9.17, 15) is 14.0 Å². The standard InChI is InChI=1S/C13H15ClFNO4/c1-8(2)16(6-13(18)19)12(17)7-20-11-4-3-9(15)5-10(11)14/h3-5,8H,6-7H2,1-2H3,(H,18,19). The normalized spacial score (nSPS) is 10.4. The first-order valence-electron chi connectivity index (χ1n) is 5.90. The van der Waals surface area contributed by atoms with Crippen molar-refractivity contribution in [1.82, 2.24) is 4.90 Å². The van der Waals surface area contributed by atoms with E-state index in [4.69, 9.17) is 21.4 Å². The predicted octanol–water partition coefficient (Wildman–Crippen LogP) is 2.18.